The normalized spacial score (nSPS) is 17.0. The second-order valence-corrected chi connectivity index (χ2v) is 11.7. The Hall–Kier alpha value is -4.04. The number of thioether (sulfide) groups is 1. The number of carbonyl (C=O) groups is 2. The number of rotatable bonds is 6. The molecule has 0 saturated carbocycles. The Bertz CT molecular complexity index is 1590. The van der Waals surface area contributed by atoms with Crippen LogP contribution in [0.25, 0.3) is 16.9 Å². The summed E-state index contributed by atoms with van der Waals surface area (Å²) in [6.45, 7) is 5.57. The lowest BCUT2D eigenvalue weighted by atomic mass is 9.99. The van der Waals surface area contributed by atoms with Crippen molar-refractivity contribution in [3.8, 4) is 22.7 Å². The molecule has 2 amide bonds. The van der Waals surface area contributed by atoms with Crippen molar-refractivity contribution in [2.75, 3.05) is 37.4 Å². The second kappa shape index (κ2) is 11.4. The minimum atomic E-state index is -0.244. The molecular weight excluding hydrogens is 532 g/mol. The first-order chi connectivity index (χ1) is 20.0. The van der Waals surface area contributed by atoms with Crippen LogP contribution in [0.2, 0.25) is 0 Å². The molecule has 0 radical (unpaired) electrons. The zero-order valence-corrected chi connectivity index (χ0v) is 24.5. The Kier molecular flexibility index (Phi) is 7.58. The number of carbonyl (C=O) groups excluding carboxylic acids is 2. The van der Waals surface area contributed by atoms with Crippen molar-refractivity contribution >= 4 is 29.4 Å². The molecule has 41 heavy (non-hydrogen) atoms. The number of para-hydroxylation sites is 1. The maximum absolute atomic E-state index is 14.0. The number of ether oxygens (including phenoxy) is 1. The first-order valence-electron chi connectivity index (χ1n) is 14.0. The summed E-state index contributed by atoms with van der Waals surface area (Å²) >= 11 is 1.56. The molecule has 3 heterocycles. The molecular formula is C33H34N4O3S. The first kappa shape index (κ1) is 27.1. The molecule has 7 nitrogen and oxygen atoms in total. The van der Waals surface area contributed by atoms with Crippen molar-refractivity contribution in [3.05, 3.63) is 95.1 Å². The summed E-state index contributed by atoms with van der Waals surface area (Å²) in [6.07, 6.45) is 1.99. The molecule has 0 spiro atoms. The highest BCUT2D eigenvalue weighted by Gasteiger charge is 2.39. The van der Waals surface area contributed by atoms with E-state index in [1.165, 1.54) is 0 Å². The van der Waals surface area contributed by atoms with E-state index in [0.717, 1.165) is 70.9 Å². The summed E-state index contributed by atoms with van der Waals surface area (Å²) < 4.78 is 7.69. The number of nitrogens with zero attached hydrogens (tertiary/aromatic N) is 4. The number of aromatic nitrogens is 2. The van der Waals surface area contributed by atoms with Crippen LogP contribution in [-0.2, 0) is 9.59 Å². The third-order valence-electron chi connectivity index (χ3n) is 7.89. The molecule has 3 aromatic carbocycles. The third-order valence-corrected chi connectivity index (χ3v) is 9.13. The summed E-state index contributed by atoms with van der Waals surface area (Å²) in [6, 6.07) is 24.3. The van der Waals surface area contributed by atoms with E-state index >= 15 is 0 Å². The lowest BCUT2D eigenvalue weighted by molar-refractivity contribution is -0.130. The molecule has 1 saturated heterocycles. The van der Waals surface area contributed by atoms with Crippen molar-refractivity contribution in [2.24, 2.45) is 0 Å². The summed E-state index contributed by atoms with van der Waals surface area (Å²) in [5.74, 6) is 1.49. The summed E-state index contributed by atoms with van der Waals surface area (Å²) in [5, 5.41) is 4.99. The fourth-order valence-electron chi connectivity index (χ4n) is 5.87. The molecule has 8 heteroatoms. The zero-order chi connectivity index (χ0) is 28.5. The predicted molar refractivity (Wildman–Crippen MR) is 164 cm³/mol. The van der Waals surface area contributed by atoms with Gasteiger partial charge in [-0.2, -0.15) is 5.10 Å². The molecule has 6 rings (SSSR count). The van der Waals surface area contributed by atoms with Crippen LogP contribution < -0.4 is 9.64 Å². The summed E-state index contributed by atoms with van der Waals surface area (Å²) in [4.78, 5) is 31.1. The SMILES string of the molecule is COc1ccccc1[C@H]1SCC(=O)N(CC(=O)N2CCCC2)c2c1c(-c1ccccc1)nn2-c1ccc(C)cc1C. The fraction of sp³-hybridized carbons (Fsp3) is 0.303. The van der Waals surface area contributed by atoms with Gasteiger partial charge in [-0.1, -0.05) is 66.2 Å². The number of aryl methyl sites for hydroxylation is 2. The quantitative estimate of drug-likeness (QED) is 0.288. The number of hydrogen-bond donors (Lipinski definition) is 0. The number of likely N-dealkylation sites (tertiary alicyclic amines) is 1. The molecule has 1 aromatic heterocycles. The lowest BCUT2D eigenvalue weighted by Gasteiger charge is -2.26. The van der Waals surface area contributed by atoms with E-state index in [9.17, 15) is 9.59 Å². The van der Waals surface area contributed by atoms with E-state index in [1.807, 2.05) is 64.2 Å². The number of hydrogen-bond acceptors (Lipinski definition) is 5. The molecule has 1 atom stereocenters. The van der Waals surface area contributed by atoms with Crippen LogP contribution in [0, 0.1) is 13.8 Å². The minimum absolute atomic E-state index is 0.0180. The van der Waals surface area contributed by atoms with E-state index in [2.05, 4.69) is 32.0 Å². The molecule has 0 bridgehead atoms. The Morgan fingerprint density at radius 2 is 1.73 bits per heavy atom. The summed E-state index contributed by atoms with van der Waals surface area (Å²) in [7, 11) is 1.67. The highest BCUT2D eigenvalue weighted by molar-refractivity contribution is 8.00. The van der Waals surface area contributed by atoms with Crippen LogP contribution >= 0.6 is 11.8 Å². The van der Waals surface area contributed by atoms with Crippen LogP contribution in [0.5, 0.6) is 5.75 Å². The van der Waals surface area contributed by atoms with Gasteiger partial charge in [0.05, 0.1) is 29.5 Å². The third kappa shape index (κ3) is 5.12. The minimum Gasteiger partial charge on any atom is -0.496 e. The molecule has 0 unspecified atom stereocenters. The highest BCUT2D eigenvalue weighted by atomic mass is 32.2. The highest BCUT2D eigenvalue weighted by Crippen LogP contribution is 2.50. The number of benzene rings is 3. The Morgan fingerprint density at radius 3 is 2.46 bits per heavy atom. The van der Waals surface area contributed by atoms with Gasteiger partial charge in [0, 0.05) is 29.8 Å². The van der Waals surface area contributed by atoms with Gasteiger partial charge >= 0.3 is 0 Å². The van der Waals surface area contributed by atoms with Gasteiger partial charge in [0.15, 0.2) is 0 Å². The molecule has 2 aliphatic rings. The van der Waals surface area contributed by atoms with Gasteiger partial charge in [0.1, 0.15) is 18.1 Å². The van der Waals surface area contributed by atoms with E-state index in [4.69, 9.17) is 9.84 Å². The van der Waals surface area contributed by atoms with E-state index in [-0.39, 0.29) is 29.4 Å². The van der Waals surface area contributed by atoms with E-state index in [1.54, 1.807) is 23.8 Å². The van der Waals surface area contributed by atoms with Gasteiger partial charge in [-0.15, -0.1) is 11.8 Å². The predicted octanol–water partition coefficient (Wildman–Crippen LogP) is 5.96. The van der Waals surface area contributed by atoms with Gasteiger partial charge in [0.25, 0.3) is 0 Å². The molecule has 2 aliphatic heterocycles. The van der Waals surface area contributed by atoms with E-state index < -0.39 is 0 Å². The van der Waals surface area contributed by atoms with Crippen molar-refractivity contribution in [3.63, 3.8) is 0 Å². The maximum atomic E-state index is 14.0. The van der Waals surface area contributed by atoms with Crippen LogP contribution in [0.1, 0.15) is 40.3 Å². The number of fused-ring (bicyclic) bond motifs is 1. The largest absolute Gasteiger partial charge is 0.496 e. The Balaban J connectivity index is 1.64. The Labute approximate surface area is 245 Å². The number of anilines is 1. The topological polar surface area (TPSA) is 67.7 Å². The van der Waals surface area contributed by atoms with Gasteiger partial charge in [-0.3, -0.25) is 14.5 Å². The number of amides is 2. The standard InChI is InChI=1S/C33H34N4O3S/c1-22-15-16-26(23(2)19-22)37-33-30(31(34-37)24-11-5-4-6-12-24)32(25-13-7-8-14-27(25)40-3)41-21-29(39)36(33)20-28(38)35-17-9-10-18-35/h4-8,11-16,19,32H,9-10,17-18,20-21H2,1-3H3/t32-/m1/s1. The lowest BCUT2D eigenvalue weighted by Crippen LogP contribution is -2.43. The van der Waals surface area contributed by atoms with Gasteiger partial charge in [0.2, 0.25) is 11.8 Å². The zero-order valence-electron chi connectivity index (χ0n) is 23.7. The molecule has 1 fully saturated rings. The molecule has 0 N–H and O–H groups in total. The smallest absolute Gasteiger partial charge is 0.242 e. The van der Waals surface area contributed by atoms with Crippen LogP contribution in [-0.4, -0.2) is 59.0 Å². The average molecular weight is 567 g/mol. The van der Waals surface area contributed by atoms with Gasteiger partial charge in [-0.25, -0.2) is 4.68 Å². The maximum Gasteiger partial charge on any atom is 0.242 e. The van der Waals surface area contributed by atoms with Crippen molar-refractivity contribution in [1.29, 1.82) is 0 Å². The molecule has 0 aliphatic carbocycles. The fourth-order valence-corrected chi connectivity index (χ4v) is 7.09. The van der Waals surface area contributed by atoms with Crippen LogP contribution in [0.4, 0.5) is 5.82 Å². The number of methoxy groups -OCH3 is 1. The molecule has 210 valence electrons. The van der Waals surface area contributed by atoms with E-state index in [0.29, 0.717) is 5.82 Å². The average Bonchev–Trinajstić information content (AvgIpc) is 3.63. The Morgan fingerprint density at radius 1 is 1.00 bits per heavy atom. The van der Waals surface area contributed by atoms with Crippen molar-refractivity contribution in [1.82, 2.24) is 14.7 Å². The van der Waals surface area contributed by atoms with Gasteiger partial charge in [-0.05, 0) is 44.4 Å². The molecule has 4 aromatic rings. The van der Waals surface area contributed by atoms with Gasteiger partial charge < -0.3 is 9.64 Å². The van der Waals surface area contributed by atoms with Crippen molar-refractivity contribution < 1.29 is 14.3 Å². The van der Waals surface area contributed by atoms with Crippen LogP contribution in [0.15, 0.2) is 72.8 Å². The monoisotopic (exact) mass is 566 g/mol. The second-order valence-electron chi connectivity index (χ2n) is 10.7. The van der Waals surface area contributed by atoms with Crippen molar-refractivity contribution in [2.45, 2.75) is 31.9 Å². The van der Waals surface area contributed by atoms with Crippen LogP contribution in [0.3, 0.4) is 0 Å². The summed E-state index contributed by atoms with van der Waals surface area (Å²) in [5.41, 5.74) is 6.69. The first-order valence-corrected chi connectivity index (χ1v) is 15.1.